The first kappa shape index (κ1) is 8.54. The van der Waals surface area contributed by atoms with Crippen LogP contribution in [0.15, 0.2) is 18.2 Å². The molecule has 0 radical (unpaired) electrons. The van der Waals surface area contributed by atoms with Crippen LogP contribution in [0.4, 0.5) is 10.1 Å². The first-order chi connectivity index (χ1) is 6.33. The molecule has 1 aromatic rings. The Kier molecular flexibility index (Phi) is 2.21. The SMILES string of the molecule is CCC[C@H]1CNc2c(F)cccc21. The van der Waals surface area contributed by atoms with E-state index in [1.807, 2.05) is 6.07 Å². The van der Waals surface area contributed by atoms with Crippen molar-refractivity contribution in [2.45, 2.75) is 25.7 Å². The summed E-state index contributed by atoms with van der Waals surface area (Å²) < 4.78 is 13.2. The summed E-state index contributed by atoms with van der Waals surface area (Å²) in [4.78, 5) is 0. The van der Waals surface area contributed by atoms with E-state index in [0.717, 1.165) is 30.6 Å². The highest BCUT2D eigenvalue weighted by molar-refractivity contribution is 5.58. The highest BCUT2D eigenvalue weighted by Crippen LogP contribution is 2.35. The fourth-order valence-corrected chi connectivity index (χ4v) is 2.01. The molecule has 1 nitrogen and oxygen atoms in total. The van der Waals surface area contributed by atoms with Gasteiger partial charge < -0.3 is 5.32 Å². The number of rotatable bonds is 2. The maximum atomic E-state index is 13.2. The standard InChI is InChI=1S/C11H14FN/c1-2-4-8-7-13-11-9(8)5-3-6-10(11)12/h3,5-6,8,13H,2,4,7H2,1H3/t8-/m0/s1. The van der Waals surface area contributed by atoms with Gasteiger partial charge in [0.15, 0.2) is 0 Å². The lowest BCUT2D eigenvalue weighted by Gasteiger charge is -2.07. The molecule has 0 amide bonds. The van der Waals surface area contributed by atoms with Gasteiger partial charge in [-0.05, 0) is 18.1 Å². The van der Waals surface area contributed by atoms with Gasteiger partial charge in [0.05, 0.1) is 5.69 Å². The summed E-state index contributed by atoms with van der Waals surface area (Å²) in [7, 11) is 0. The number of hydrogen-bond donors (Lipinski definition) is 1. The maximum Gasteiger partial charge on any atom is 0.146 e. The van der Waals surface area contributed by atoms with Crippen LogP contribution in [0, 0.1) is 5.82 Å². The highest BCUT2D eigenvalue weighted by Gasteiger charge is 2.23. The maximum absolute atomic E-state index is 13.2. The third kappa shape index (κ3) is 1.41. The normalized spacial score (nSPS) is 19.7. The van der Waals surface area contributed by atoms with Crippen molar-refractivity contribution < 1.29 is 4.39 Å². The lowest BCUT2D eigenvalue weighted by molar-refractivity contribution is 0.630. The summed E-state index contributed by atoms with van der Waals surface area (Å²) in [5.74, 6) is 0.395. The molecule has 0 bridgehead atoms. The minimum Gasteiger partial charge on any atom is -0.382 e. The van der Waals surface area contributed by atoms with E-state index in [9.17, 15) is 4.39 Å². The Bertz CT molecular complexity index is 309. The third-order valence-electron chi connectivity index (χ3n) is 2.65. The van der Waals surface area contributed by atoms with Crippen molar-refractivity contribution in [2.75, 3.05) is 11.9 Å². The Morgan fingerprint density at radius 3 is 3.15 bits per heavy atom. The quantitative estimate of drug-likeness (QED) is 0.735. The molecule has 0 aliphatic carbocycles. The Hall–Kier alpha value is -1.05. The molecule has 13 heavy (non-hydrogen) atoms. The molecule has 70 valence electrons. The summed E-state index contributed by atoms with van der Waals surface area (Å²) in [5, 5.41) is 3.13. The number of hydrogen-bond acceptors (Lipinski definition) is 1. The van der Waals surface area contributed by atoms with Crippen LogP contribution >= 0.6 is 0 Å². The van der Waals surface area contributed by atoms with Gasteiger partial charge in [-0.25, -0.2) is 4.39 Å². The fraction of sp³-hybridized carbons (Fsp3) is 0.455. The van der Waals surface area contributed by atoms with Gasteiger partial charge in [-0.15, -0.1) is 0 Å². The van der Waals surface area contributed by atoms with Gasteiger partial charge in [-0.2, -0.15) is 0 Å². The second-order valence-electron chi connectivity index (χ2n) is 3.57. The molecule has 0 fully saturated rings. The second kappa shape index (κ2) is 3.36. The average Bonchev–Trinajstić information content (AvgIpc) is 2.51. The van der Waals surface area contributed by atoms with E-state index in [1.54, 1.807) is 6.07 Å². The molecule has 0 spiro atoms. The molecule has 1 heterocycles. The van der Waals surface area contributed by atoms with E-state index in [2.05, 4.69) is 12.2 Å². The van der Waals surface area contributed by atoms with E-state index in [0.29, 0.717) is 5.92 Å². The molecule has 1 N–H and O–H groups in total. The van der Waals surface area contributed by atoms with Crippen LogP contribution in [0.1, 0.15) is 31.2 Å². The average molecular weight is 179 g/mol. The lowest BCUT2D eigenvalue weighted by atomic mass is 9.97. The van der Waals surface area contributed by atoms with Crippen LogP contribution < -0.4 is 5.32 Å². The zero-order valence-electron chi connectivity index (χ0n) is 7.81. The second-order valence-corrected chi connectivity index (χ2v) is 3.57. The topological polar surface area (TPSA) is 12.0 Å². The highest BCUT2D eigenvalue weighted by atomic mass is 19.1. The molecule has 0 unspecified atom stereocenters. The molecule has 1 atom stereocenters. The molecule has 0 saturated carbocycles. The van der Waals surface area contributed by atoms with E-state index in [1.165, 1.54) is 6.07 Å². The van der Waals surface area contributed by atoms with E-state index >= 15 is 0 Å². The summed E-state index contributed by atoms with van der Waals surface area (Å²) >= 11 is 0. The zero-order chi connectivity index (χ0) is 9.26. The number of benzene rings is 1. The summed E-state index contributed by atoms with van der Waals surface area (Å²) in [5.41, 5.74) is 1.88. The van der Waals surface area contributed by atoms with Gasteiger partial charge in [0.1, 0.15) is 5.82 Å². The Morgan fingerprint density at radius 1 is 1.54 bits per heavy atom. The fourth-order valence-electron chi connectivity index (χ4n) is 2.01. The number of nitrogens with one attached hydrogen (secondary N) is 1. The molecule has 2 heteroatoms. The lowest BCUT2D eigenvalue weighted by Crippen LogP contribution is -2.00. The molecule has 1 aliphatic rings. The van der Waals surface area contributed by atoms with Crippen molar-refractivity contribution >= 4 is 5.69 Å². The predicted molar refractivity (Wildman–Crippen MR) is 52.5 cm³/mol. The molecule has 1 aliphatic heterocycles. The van der Waals surface area contributed by atoms with Crippen LogP contribution in [0.3, 0.4) is 0 Å². The summed E-state index contributed by atoms with van der Waals surface area (Å²) in [6.07, 6.45) is 2.30. The number of halogens is 1. The number of anilines is 1. The van der Waals surface area contributed by atoms with E-state index < -0.39 is 0 Å². The van der Waals surface area contributed by atoms with Gasteiger partial charge >= 0.3 is 0 Å². The molecular formula is C11H14FN. The molecule has 2 rings (SSSR count). The first-order valence-electron chi connectivity index (χ1n) is 4.85. The minimum absolute atomic E-state index is 0.115. The van der Waals surface area contributed by atoms with Gasteiger partial charge in [0.2, 0.25) is 0 Å². The molecule has 0 saturated heterocycles. The summed E-state index contributed by atoms with van der Waals surface area (Å²) in [6.45, 7) is 3.06. The van der Waals surface area contributed by atoms with Crippen molar-refractivity contribution in [1.29, 1.82) is 0 Å². The van der Waals surface area contributed by atoms with Crippen LogP contribution in [-0.2, 0) is 0 Å². The van der Waals surface area contributed by atoms with E-state index in [4.69, 9.17) is 0 Å². The first-order valence-corrected chi connectivity index (χ1v) is 4.85. The smallest absolute Gasteiger partial charge is 0.146 e. The van der Waals surface area contributed by atoms with Crippen molar-refractivity contribution in [3.8, 4) is 0 Å². The Morgan fingerprint density at radius 2 is 2.38 bits per heavy atom. The van der Waals surface area contributed by atoms with Crippen LogP contribution in [0.25, 0.3) is 0 Å². The number of para-hydroxylation sites is 1. The predicted octanol–water partition coefficient (Wildman–Crippen LogP) is 3.13. The molecular weight excluding hydrogens is 165 g/mol. The molecule has 0 aromatic heterocycles. The Balaban J connectivity index is 2.32. The van der Waals surface area contributed by atoms with Gasteiger partial charge in [0, 0.05) is 12.5 Å². The van der Waals surface area contributed by atoms with Crippen LogP contribution in [-0.4, -0.2) is 6.54 Å². The number of fused-ring (bicyclic) bond motifs is 1. The van der Waals surface area contributed by atoms with Crippen molar-refractivity contribution in [3.63, 3.8) is 0 Å². The minimum atomic E-state index is -0.115. The largest absolute Gasteiger partial charge is 0.382 e. The Labute approximate surface area is 78.0 Å². The summed E-state index contributed by atoms with van der Waals surface area (Å²) in [6, 6.07) is 5.34. The van der Waals surface area contributed by atoms with Crippen molar-refractivity contribution in [2.24, 2.45) is 0 Å². The third-order valence-corrected chi connectivity index (χ3v) is 2.65. The van der Waals surface area contributed by atoms with Gasteiger partial charge in [-0.1, -0.05) is 25.5 Å². The zero-order valence-corrected chi connectivity index (χ0v) is 7.81. The van der Waals surface area contributed by atoms with Crippen LogP contribution in [0.2, 0.25) is 0 Å². The molecule has 1 aromatic carbocycles. The van der Waals surface area contributed by atoms with E-state index in [-0.39, 0.29) is 5.82 Å². The monoisotopic (exact) mass is 179 g/mol. The van der Waals surface area contributed by atoms with Gasteiger partial charge in [-0.3, -0.25) is 0 Å². The van der Waals surface area contributed by atoms with Crippen LogP contribution in [0.5, 0.6) is 0 Å². The van der Waals surface area contributed by atoms with Crippen molar-refractivity contribution in [1.82, 2.24) is 0 Å². The van der Waals surface area contributed by atoms with Gasteiger partial charge in [0.25, 0.3) is 0 Å². The van der Waals surface area contributed by atoms with Crippen molar-refractivity contribution in [3.05, 3.63) is 29.6 Å².